The molecular formula is C14H27ClN2O. The molecule has 1 aliphatic rings. The fraction of sp³-hybridized carbons (Fsp3) is 0.929. The van der Waals surface area contributed by atoms with Crippen LogP contribution in [0.5, 0.6) is 0 Å². The Kier molecular flexibility index (Phi) is 7.68. The molecule has 1 fully saturated rings. The lowest BCUT2D eigenvalue weighted by molar-refractivity contribution is 0.121. The molecule has 0 radical (unpaired) electrons. The van der Waals surface area contributed by atoms with Gasteiger partial charge in [0.25, 0.3) is 0 Å². The van der Waals surface area contributed by atoms with Gasteiger partial charge in [0.15, 0.2) is 0 Å². The summed E-state index contributed by atoms with van der Waals surface area (Å²) in [6.45, 7) is 8.54. The van der Waals surface area contributed by atoms with E-state index in [1.165, 1.54) is 38.8 Å². The Morgan fingerprint density at radius 3 is 2.06 bits per heavy atom. The van der Waals surface area contributed by atoms with Gasteiger partial charge in [0, 0.05) is 19.1 Å². The van der Waals surface area contributed by atoms with Crippen molar-refractivity contribution in [2.24, 2.45) is 0 Å². The van der Waals surface area contributed by atoms with Crippen LogP contribution in [0.1, 0.15) is 52.4 Å². The molecule has 1 heterocycles. The van der Waals surface area contributed by atoms with Gasteiger partial charge in [-0.05, 0) is 50.4 Å². The third-order valence-corrected chi connectivity index (χ3v) is 4.07. The van der Waals surface area contributed by atoms with Crippen LogP contribution in [-0.4, -0.2) is 47.4 Å². The van der Waals surface area contributed by atoms with Crippen LogP contribution in [0.2, 0.25) is 0 Å². The summed E-state index contributed by atoms with van der Waals surface area (Å²) in [5.74, 6) is 0. The Morgan fingerprint density at radius 2 is 1.67 bits per heavy atom. The first kappa shape index (κ1) is 15.8. The number of piperidine rings is 1. The molecule has 0 saturated carbocycles. The number of carbonyl (C=O) groups is 1. The van der Waals surface area contributed by atoms with Gasteiger partial charge in [0.1, 0.15) is 0 Å². The van der Waals surface area contributed by atoms with Gasteiger partial charge in [-0.25, -0.2) is 0 Å². The van der Waals surface area contributed by atoms with Crippen molar-refractivity contribution in [1.82, 2.24) is 9.80 Å². The van der Waals surface area contributed by atoms with Crippen molar-refractivity contribution in [3.05, 3.63) is 0 Å². The van der Waals surface area contributed by atoms with Gasteiger partial charge in [0.2, 0.25) is 0 Å². The molecule has 1 aliphatic heterocycles. The molecule has 1 rings (SSSR count). The SMILES string of the molecule is CCCCN(CCCC)C1CCN(C(=O)Cl)CC1. The van der Waals surface area contributed by atoms with Crippen LogP contribution in [0.15, 0.2) is 0 Å². The number of halogens is 1. The van der Waals surface area contributed by atoms with E-state index in [1.54, 1.807) is 4.90 Å². The zero-order valence-corrected chi connectivity index (χ0v) is 12.6. The van der Waals surface area contributed by atoms with Gasteiger partial charge >= 0.3 is 5.37 Å². The molecule has 1 amide bonds. The molecule has 1 saturated heterocycles. The molecule has 0 aromatic heterocycles. The Balaban J connectivity index is 2.40. The summed E-state index contributed by atoms with van der Waals surface area (Å²) in [7, 11) is 0. The van der Waals surface area contributed by atoms with E-state index in [1.807, 2.05) is 0 Å². The van der Waals surface area contributed by atoms with Gasteiger partial charge in [-0.3, -0.25) is 4.79 Å². The maximum atomic E-state index is 11.1. The molecule has 0 bridgehead atoms. The number of rotatable bonds is 7. The van der Waals surface area contributed by atoms with Crippen LogP contribution in [0.4, 0.5) is 4.79 Å². The average Bonchev–Trinajstić information content (AvgIpc) is 2.39. The molecule has 0 unspecified atom stereocenters. The van der Waals surface area contributed by atoms with Crippen LogP contribution in [0.25, 0.3) is 0 Å². The van der Waals surface area contributed by atoms with Gasteiger partial charge in [-0.1, -0.05) is 26.7 Å². The normalized spacial score (nSPS) is 17.4. The predicted molar refractivity (Wildman–Crippen MR) is 77.2 cm³/mol. The van der Waals surface area contributed by atoms with E-state index in [0.717, 1.165) is 25.9 Å². The van der Waals surface area contributed by atoms with Crippen molar-refractivity contribution in [3.63, 3.8) is 0 Å². The fourth-order valence-corrected chi connectivity index (χ4v) is 2.78. The summed E-state index contributed by atoms with van der Waals surface area (Å²) in [6.07, 6.45) is 7.21. The molecule has 18 heavy (non-hydrogen) atoms. The smallest absolute Gasteiger partial charge is 0.316 e. The van der Waals surface area contributed by atoms with Crippen molar-refractivity contribution in [2.75, 3.05) is 26.2 Å². The van der Waals surface area contributed by atoms with Gasteiger partial charge in [-0.15, -0.1) is 0 Å². The number of amides is 1. The summed E-state index contributed by atoms with van der Waals surface area (Å²) in [5.41, 5.74) is 0. The molecule has 0 N–H and O–H groups in total. The lowest BCUT2D eigenvalue weighted by Crippen LogP contribution is -2.46. The van der Waals surface area contributed by atoms with Crippen LogP contribution in [-0.2, 0) is 0 Å². The summed E-state index contributed by atoms with van der Waals surface area (Å²) >= 11 is 5.52. The molecule has 0 spiro atoms. The Hall–Kier alpha value is -0.280. The third kappa shape index (κ3) is 5.15. The van der Waals surface area contributed by atoms with E-state index in [2.05, 4.69) is 18.7 Å². The fourth-order valence-electron chi connectivity index (χ4n) is 2.61. The predicted octanol–water partition coefficient (Wildman–Crippen LogP) is 3.71. The average molecular weight is 275 g/mol. The second-order valence-corrected chi connectivity index (χ2v) is 5.54. The number of hydrogen-bond acceptors (Lipinski definition) is 2. The highest BCUT2D eigenvalue weighted by molar-refractivity contribution is 6.62. The van der Waals surface area contributed by atoms with Crippen molar-refractivity contribution < 1.29 is 4.79 Å². The zero-order valence-electron chi connectivity index (χ0n) is 11.8. The van der Waals surface area contributed by atoms with Crippen molar-refractivity contribution in [1.29, 1.82) is 0 Å². The second kappa shape index (κ2) is 8.76. The van der Waals surface area contributed by atoms with Gasteiger partial charge in [-0.2, -0.15) is 0 Å². The second-order valence-electron chi connectivity index (χ2n) is 5.21. The largest absolute Gasteiger partial charge is 0.329 e. The van der Waals surface area contributed by atoms with Gasteiger partial charge < -0.3 is 9.80 Å². The third-order valence-electron chi connectivity index (χ3n) is 3.83. The Morgan fingerprint density at radius 1 is 1.17 bits per heavy atom. The van der Waals surface area contributed by atoms with E-state index in [9.17, 15) is 4.79 Å². The number of hydrogen-bond donors (Lipinski definition) is 0. The van der Waals surface area contributed by atoms with E-state index < -0.39 is 0 Å². The summed E-state index contributed by atoms with van der Waals surface area (Å²) in [6, 6.07) is 0.648. The lowest BCUT2D eigenvalue weighted by atomic mass is 10.0. The monoisotopic (exact) mass is 274 g/mol. The van der Waals surface area contributed by atoms with Crippen LogP contribution in [0, 0.1) is 0 Å². The maximum Gasteiger partial charge on any atom is 0.316 e. The Bertz CT molecular complexity index is 232. The first-order valence-corrected chi connectivity index (χ1v) is 7.75. The summed E-state index contributed by atoms with van der Waals surface area (Å²) in [4.78, 5) is 15.5. The van der Waals surface area contributed by atoms with Crippen LogP contribution >= 0.6 is 11.6 Å². The minimum absolute atomic E-state index is 0.290. The quantitative estimate of drug-likeness (QED) is 0.522. The number of carbonyl (C=O) groups excluding carboxylic acids is 1. The molecule has 0 aromatic carbocycles. The first-order valence-electron chi connectivity index (χ1n) is 7.37. The van der Waals surface area contributed by atoms with Gasteiger partial charge in [0.05, 0.1) is 0 Å². The lowest BCUT2D eigenvalue weighted by Gasteiger charge is -2.38. The standard InChI is InChI=1S/C14H27ClN2O/c1-3-5-9-16(10-6-4-2)13-7-11-17(12-8-13)14(15)18/h13H,3-12H2,1-2H3. The minimum Gasteiger partial charge on any atom is -0.329 e. The minimum atomic E-state index is -0.290. The van der Waals surface area contributed by atoms with Crippen molar-refractivity contribution >= 4 is 17.0 Å². The molecule has 3 nitrogen and oxygen atoms in total. The van der Waals surface area contributed by atoms with E-state index in [0.29, 0.717) is 6.04 Å². The van der Waals surface area contributed by atoms with Crippen LogP contribution in [0.3, 0.4) is 0 Å². The topological polar surface area (TPSA) is 23.6 Å². The number of likely N-dealkylation sites (tertiary alicyclic amines) is 1. The molecule has 106 valence electrons. The molecule has 0 atom stereocenters. The maximum absolute atomic E-state index is 11.1. The first-order chi connectivity index (χ1) is 8.69. The number of nitrogens with zero attached hydrogens (tertiary/aromatic N) is 2. The Labute approximate surface area is 116 Å². The van der Waals surface area contributed by atoms with E-state index >= 15 is 0 Å². The highest BCUT2D eigenvalue weighted by atomic mass is 35.5. The highest BCUT2D eigenvalue weighted by Crippen LogP contribution is 2.19. The molecular weight excluding hydrogens is 248 g/mol. The van der Waals surface area contributed by atoms with Crippen LogP contribution < -0.4 is 0 Å². The van der Waals surface area contributed by atoms with E-state index in [-0.39, 0.29) is 5.37 Å². The molecule has 0 aliphatic carbocycles. The summed E-state index contributed by atoms with van der Waals surface area (Å²) < 4.78 is 0. The summed E-state index contributed by atoms with van der Waals surface area (Å²) in [5, 5.41) is -0.290. The van der Waals surface area contributed by atoms with Crippen molar-refractivity contribution in [2.45, 2.75) is 58.4 Å². The number of unbranched alkanes of at least 4 members (excludes halogenated alkanes) is 2. The van der Waals surface area contributed by atoms with E-state index in [4.69, 9.17) is 11.6 Å². The molecule has 0 aromatic rings. The zero-order chi connectivity index (χ0) is 13.4. The van der Waals surface area contributed by atoms with Crippen molar-refractivity contribution in [3.8, 4) is 0 Å². The highest BCUT2D eigenvalue weighted by Gasteiger charge is 2.25. The molecule has 4 heteroatoms.